The van der Waals surface area contributed by atoms with E-state index in [9.17, 15) is 18.9 Å². The predicted molar refractivity (Wildman–Crippen MR) is 71.4 cm³/mol. The summed E-state index contributed by atoms with van der Waals surface area (Å²) in [6, 6.07) is 1.43. The van der Waals surface area contributed by atoms with E-state index in [1.165, 1.54) is 0 Å². The molecule has 110 valence electrons. The standard InChI is InChI=1S/C13H17F2N3O2/c14-9-5-6-11(18(19)20)13(12(9)15)17-10(7-16)8-3-1-2-4-8/h5-6,8,10,17H,1-4,7,16H2. The zero-order chi connectivity index (χ0) is 14.7. The fourth-order valence-corrected chi connectivity index (χ4v) is 2.74. The third-order valence-electron chi connectivity index (χ3n) is 3.82. The van der Waals surface area contributed by atoms with Crippen LogP contribution in [0.1, 0.15) is 25.7 Å². The summed E-state index contributed by atoms with van der Waals surface area (Å²) in [6.07, 6.45) is 4.02. The molecule has 7 heteroatoms. The summed E-state index contributed by atoms with van der Waals surface area (Å²) in [5.74, 6) is -2.10. The van der Waals surface area contributed by atoms with Crippen LogP contribution < -0.4 is 11.1 Å². The van der Waals surface area contributed by atoms with Crippen LogP contribution in [0.25, 0.3) is 0 Å². The lowest BCUT2D eigenvalue weighted by Crippen LogP contribution is -2.35. The molecule has 3 N–H and O–H groups in total. The number of nitrogens with one attached hydrogen (secondary N) is 1. The van der Waals surface area contributed by atoms with E-state index in [0.717, 1.165) is 37.8 Å². The van der Waals surface area contributed by atoms with E-state index in [-0.39, 0.29) is 18.5 Å². The molecular weight excluding hydrogens is 268 g/mol. The largest absolute Gasteiger partial charge is 0.373 e. The molecule has 1 aromatic carbocycles. The van der Waals surface area contributed by atoms with Crippen LogP contribution in [-0.2, 0) is 0 Å². The number of rotatable bonds is 5. The van der Waals surface area contributed by atoms with Crippen LogP contribution in [0.2, 0.25) is 0 Å². The van der Waals surface area contributed by atoms with Gasteiger partial charge in [0.15, 0.2) is 17.3 Å². The fraction of sp³-hybridized carbons (Fsp3) is 0.538. The molecule has 0 aliphatic heterocycles. The van der Waals surface area contributed by atoms with Gasteiger partial charge in [-0.3, -0.25) is 10.1 Å². The Kier molecular flexibility index (Phi) is 4.49. The van der Waals surface area contributed by atoms with Crippen molar-refractivity contribution in [2.75, 3.05) is 11.9 Å². The molecule has 5 nitrogen and oxygen atoms in total. The summed E-state index contributed by atoms with van der Waals surface area (Å²) in [6.45, 7) is 0.220. The van der Waals surface area contributed by atoms with Crippen LogP contribution in [0.4, 0.5) is 20.2 Å². The molecule has 1 unspecified atom stereocenters. The second-order valence-corrected chi connectivity index (χ2v) is 5.04. The number of halogens is 2. The van der Waals surface area contributed by atoms with Gasteiger partial charge in [-0.05, 0) is 24.8 Å². The van der Waals surface area contributed by atoms with E-state index in [4.69, 9.17) is 5.73 Å². The number of anilines is 1. The highest BCUT2D eigenvalue weighted by molar-refractivity contribution is 5.63. The van der Waals surface area contributed by atoms with Crippen molar-refractivity contribution in [2.45, 2.75) is 31.7 Å². The molecule has 1 atom stereocenters. The van der Waals surface area contributed by atoms with Gasteiger partial charge in [-0.25, -0.2) is 8.78 Å². The Morgan fingerprint density at radius 2 is 2.05 bits per heavy atom. The van der Waals surface area contributed by atoms with Crippen molar-refractivity contribution in [3.05, 3.63) is 33.9 Å². The minimum atomic E-state index is -1.23. The first-order valence-electron chi connectivity index (χ1n) is 6.63. The normalized spacial score (nSPS) is 17.1. The summed E-state index contributed by atoms with van der Waals surface area (Å²) >= 11 is 0. The molecule has 1 aliphatic carbocycles. The van der Waals surface area contributed by atoms with Gasteiger partial charge in [0.1, 0.15) is 0 Å². The first kappa shape index (κ1) is 14.6. The highest BCUT2D eigenvalue weighted by atomic mass is 19.2. The maximum Gasteiger partial charge on any atom is 0.295 e. The maximum atomic E-state index is 13.8. The van der Waals surface area contributed by atoms with Crippen molar-refractivity contribution in [2.24, 2.45) is 11.7 Å². The second-order valence-electron chi connectivity index (χ2n) is 5.04. The Labute approximate surface area is 115 Å². The third-order valence-corrected chi connectivity index (χ3v) is 3.82. The van der Waals surface area contributed by atoms with Gasteiger partial charge in [0.2, 0.25) is 0 Å². The molecule has 1 saturated carbocycles. The van der Waals surface area contributed by atoms with Crippen LogP contribution in [0.15, 0.2) is 12.1 Å². The lowest BCUT2D eigenvalue weighted by atomic mass is 9.97. The molecule has 20 heavy (non-hydrogen) atoms. The van der Waals surface area contributed by atoms with Crippen molar-refractivity contribution in [3.8, 4) is 0 Å². The van der Waals surface area contributed by atoms with Crippen LogP contribution >= 0.6 is 0 Å². The Bertz CT molecular complexity index is 505. The number of hydrogen-bond donors (Lipinski definition) is 2. The third kappa shape index (κ3) is 2.87. The average Bonchev–Trinajstić information content (AvgIpc) is 2.94. The van der Waals surface area contributed by atoms with Gasteiger partial charge in [-0.1, -0.05) is 12.8 Å². The summed E-state index contributed by atoms with van der Waals surface area (Å²) in [5.41, 5.74) is 4.79. The molecule has 1 aliphatic rings. The van der Waals surface area contributed by atoms with Crippen molar-refractivity contribution < 1.29 is 13.7 Å². The number of nitrogens with zero attached hydrogens (tertiary/aromatic N) is 1. The van der Waals surface area contributed by atoms with Gasteiger partial charge in [-0.2, -0.15) is 0 Å². The summed E-state index contributed by atoms with van der Waals surface area (Å²) in [4.78, 5) is 10.2. The zero-order valence-corrected chi connectivity index (χ0v) is 10.9. The molecule has 2 rings (SSSR count). The van der Waals surface area contributed by atoms with Gasteiger partial charge < -0.3 is 11.1 Å². The number of nitro benzene ring substituents is 1. The van der Waals surface area contributed by atoms with Gasteiger partial charge >= 0.3 is 0 Å². The molecule has 0 radical (unpaired) electrons. The Morgan fingerprint density at radius 1 is 1.40 bits per heavy atom. The van der Waals surface area contributed by atoms with Crippen LogP contribution in [0.5, 0.6) is 0 Å². The Hall–Kier alpha value is -1.76. The van der Waals surface area contributed by atoms with E-state index < -0.39 is 27.9 Å². The highest BCUT2D eigenvalue weighted by Gasteiger charge is 2.28. The van der Waals surface area contributed by atoms with E-state index in [1.54, 1.807) is 0 Å². The topological polar surface area (TPSA) is 81.2 Å². The SMILES string of the molecule is NCC(Nc1c([N+](=O)[O-])ccc(F)c1F)C1CCCC1. The predicted octanol–water partition coefficient (Wildman–Crippen LogP) is 2.80. The molecule has 1 aromatic rings. The zero-order valence-electron chi connectivity index (χ0n) is 10.9. The van der Waals surface area contributed by atoms with Crippen molar-refractivity contribution in [1.82, 2.24) is 0 Å². The monoisotopic (exact) mass is 285 g/mol. The Balaban J connectivity index is 2.30. The quantitative estimate of drug-likeness (QED) is 0.644. The van der Waals surface area contributed by atoms with Gasteiger partial charge in [-0.15, -0.1) is 0 Å². The van der Waals surface area contributed by atoms with Gasteiger partial charge in [0, 0.05) is 18.7 Å². The number of benzene rings is 1. The molecular formula is C13H17F2N3O2. The Morgan fingerprint density at radius 3 is 2.60 bits per heavy atom. The van der Waals surface area contributed by atoms with Crippen LogP contribution in [-0.4, -0.2) is 17.5 Å². The van der Waals surface area contributed by atoms with Gasteiger partial charge in [0.25, 0.3) is 5.69 Å². The van der Waals surface area contributed by atoms with Crippen molar-refractivity contribution in [1.29, 1.82) is 0 Å². The van der Waals surface area contributed by atoms with E-state index in [2.05, 4.69) is 5.32 Å². The first-order valence-corrected chi connectivity index (χ1v) is 6.63. The molecule has 1 fully saturated rings. The van der Waals surface area contributed by atoms with E-state index >= 15 is 0 Å². The molecule has 0 aromatic heterocycles. The smallest absolute Gasteiger partial charge is 0.295 e. The minimum absolute atomic E-state index is 0.220. The molecule has 0 bridgehead atoms. The number of hydrogen-bond acceptors (Lipinski definition) is 4. The number of nitro groups is 1. The van der Waals surface area contributed by atoms with Crippen molar-refractivity contribution >= 4 is 11.4 Å². The lowest BCUT2D eigenvalue weighted by molar-refractivity contribution is -0.384. The minimum Gasteiger partial charge on any atom is -0.373 e. The molecule has 0 amide bonds. The van der Waals surface area contributed by atoms with Crippen LogP contribution in [0, 0.1) is 27.7 Å². The fourth-order valence-electron chi connectivity index (χ4n) is 2.74. The summed E-state index contributed by atoms with van der Waals surface area (Å²) < 4.78 is 27.1. The van der Waals surface area contributed by atoms with E-state index in [1.807, 2.05) is 0 Å². The van der Waals surface area contributed by atoms with E-state index in [0.29, 0.717) is 0 Å². The maximum absolute atomic E-state index is 13.8. The van der Waals surface area contributed by atoms with Gasteiger partial charge in [0.05, 0.1) is 4.92 Å². The summed E-state index contributed by atoms with van der Waals surface area (Å²) in [5, 5.41) is 13.7. The second kappa shape index (κ2) is 6.13. The molecule has 0 saturated heterocycles. The van der Waals surface area contributed by atoms with Crippen LogP contribution in [0.3, 0.4) is 0 Å². The molecule has 0 spiro atoms. The van der Waals surface area contributed by atoms with Crippen molar-refractivity contribution in [3.63, 3.8) is 0 Å². The summed E-state index contributed by atoms with van der Waals surface area (Å²) in [7, 11) is 0. The first-order chi connectivity index (χ1) is 9.54. The molecule has 0 heterocycles. The number of nitrogens with two attached hydrogens (primary N) is 1. The lowest BCUT2D eigenvalue weighted by Gasteiger charge is -2.24. The average molecular weight is 285 g/mol. The highest BCUT2D eigenvalue weighted by Crippen LogP contribution is 2.33.